The van der Waals surface area contributed by atoms with Crippen molar-refractivity contribution >= 4 is 11.6 Å². The number of Topliss-reactive ketones (excluding diaryl/α,β-unsaturated/α-hetero) is 1. The smallest absolute Gasteiger partial charge is 0.358 e. The fraction of sp³-hybridized carbons (Fsp3) is 0.500. The van der Waals surface area contributed by atoms with E-state index in [0.29, 0.717) is 5.56 Å². The molecule has 1 rings (SSSR count). The van der Waals surface area contributed by atoms with Gasteiger partial charge in [0.2, 0.25) is 0 Å². The average molecular weight is 197 g/mol. The van der Waals surface area contributed by atoms with Gasteiger partial charge in [-0.1, -0.05) is 0 Å². The molecule has 0 aliphatic rings. The summed E-state index contributed by atoms with van der Waals surface area (Å²) in [6.07, 6.45) is 1.50. The first-order valence-corrected chi connectivity index (χ1v) is 4.14. The van der Waals surface area contributed by atoms with Gasteiger partial charge in [-0.3, -0.25) is 4.79 Å². The maximum Gasteiger partial charge on any atom is 0.392 e. The van der Waals surface area contributed by atoms with E-state index in [2.05, 4.69) is 5.10 Å². The van der Waals surface area contributed by atoms with Crippen LogP contribution in [-0.2, 0) is 4.79 Å². The molecule has 0 N–H and O–H groups in total. The second kappa shape index (κ2) is 3.57. The molecule has 6 heteroatoms. The number of nitro groups is 1. The van der Waals surface area contributed by atoms with E-state index in [0.717, 1.165) is 0 Å². The molecular weight excluding hydrogens is 186 g/mol. The molecule has 0 saturated heterocycles. The van der Waals surface area contributed by atoms with E-state index in [4.69, 9.17) is 0 Å². The second-order valence-electron chi connectivity index (χ2n) is 3.16. The van der Waals surface area contributed by atoms with Crippen molar-refractivity contribution in [2.45, 2.75) is 26.8 Å². The van der Waals surface area contributed by atoms with Gasteiger partial charge in [-0.15, -0.1) is 0 Å². The van der Waals surface area contributed by atoms with Crippen molar-refractivity contribution in [3.63, 3.8) is 0 Å². The Kier molecular flexibility index (Phi) is 2.64. The molecule has 0 aliphatic carbocycles. The summed E-state index contributed by atoms with van der Waals surface area (Å²) in [6, 6.07) is -0.456. The van der Waals surface area contributed by atoms with Crippen LogP contribution in [0.5, 0.6) is 0 Å². The predicted molar refractivity (Wildman–Crippen MR) is 49.0 cm³/mol. The van der Waals surface area contributed by atoms with Gasteiger partial charge in [-0.05, 0) is 25.7 Å². The summed E-state index contributed by atoms with van der Waals surface area (Å²) in [5.74, 6) is -0.277. The minimum atomic E-state index is -0.557. The number of ketones is 1. The van der Waals surface area contributed by atoms with Crippen molar-refractivity contribution in [1.82, 2.24) is 9.78 Å². The summed E-state index contributed by atoms with van der Waals surface area (Å²) < 4.78 is 1.32. The lowest BCUT2D eigenvalue weighted by Crippen LogP contribution is -2.13. The Labute approximate surface area is 80.7 Å². The number of carbonyl (C=O) groups is 1. The lowest BCUT2D eigenvalue weighted by atomic mass is 10.2. The lowest BCUT2D eigenvalue weighted by Gasteiger charge is -2.01. The molecule has 1 atom stereocenters. The summed E-state index contributed by atoms with van der Waals surface area (Å²) in [7, 11) is 0. The Morgan fingerprint density at radius 1 is 1.71 bits per heavy atom. The van der Waals surface area contributed by atoms with Crippen LogP contribution in [-0.4, -0.2) is 20.5 Å². The number of rotatable bonds is 3. The number of hydrogen-bond donors (Lipinski definition) is 0. The van der Waals surface area contributed by atoms with Crippen LogP contribution in [0.4, 0.5) is 5.82 Å². The molecule has 0 bridgehead atoms. The van der Waals surface area contributed by atoms with Crippen molar-refractivity contribution in [3.05, 3.63) is 21.9 Å². The lowest BCUT2D eigenvalue weighted by molar-refractivity contribution is -0.390. The zero-order chi connectivity index (χ0) is 10.9. The molecule has 14 heavy (non-hydrogen) atoms. The molecule has 0 aromatic carbocycles. The highest BCUT2D eigenvalue weighted by atomic mass is 16.6. The fourth-order valence-electron chi connectivity index (χ4n) is 1.04. The quantitative estimate of drug-likeness (QED) is 0.539. The maximum absolute atomic E-state index is 11.0. The Bertz CT molecular complexity index is 383. The number of hydrogen-bond acceptors (Lipinski definition) is 4. The molecule has 0 spiro atoms. The first-order valence-electron chi connectivity index (χ1n) is 4.14. The number of aryl methyl sites for hydroxylation is 1. The largest absolute Gasteiger partial charge is 0.392 e. The van der Waals surface area contributed by atoms with Crippen LogP contribution in [0.1, 0.15) is 25.5 Å². The standard InChI is InChI=1S/C8H11N3O3/c1-5-4-10(6(2)7(3)12)9-8(5)11(13)14/h4,6H,1-3H3. The Hall–Kier alpha value is -1.72. The third-order valence-electron chi connectivity index (χ3n) is 2.05. The number of carbonyl (C=O) groups excluding carboxylic acids is 1. The highest BCUT2D eigenvalue weighted by molar-refractivity contribution is 5.79. The summed E-state index contributed by atoms with van der Waals surface area (Å²) in [5, 5.41) is 14.2. The van der Waals surface area contributed by atoms with Gasteiger partial charge in [0.15, 0.2) is 5.78 Å². The number of nitrogens with zero attached hydrogens (tertiary/aromatic N) is 3. The minimum absolute atomic E-state index is 0.0811. The van der Waals surface area contributed by atoms with Crippen LogP contribution < -0.4 is 0 Å². The maximum atomic E-state index is 11.0. The average Bonchev–Trinajstić information content (AvgIpc) is 2.45. The summed E-state index contributed by atoms with van der Waals surface area (Å²) in [5.41, 5.74) is 0.461. The van der Waals surface area contributed by atoms with Gasteiger partial charge < -0.3 is 10.1 Å². The highest BCUT2D eigenvalue weighted by Crippen LogP contribution is 2.17. The van der Waals surface area contributed by atoms with Crippen molar-refractivity contribution in [3.8, 4) is 0 Å². The zero-order valence-electron chi connectivity index (χ0n) is 8.22. The van der Waals surface area contributed by atoms with Gasteiger partial charge >= 0.3 is 5.82 Å². The molecule has 0 aliphatic heterocycles. The Balaban J connectivity index is 3.08. The highest BCUT2D eigenvalue weighted by Gasteiger charge is 2.21. The Morgan fingerprint density at radius 2 is 2.29 bits per heavy atom. The van der Waals surface area contributed by atoms with Crippen LogP contribution in [0.3, 0.4) is 0 Å². The van der Waals surface area contributed by atoms with Crippen molar-refractivity contribution in [2.75, 3.05) is 0 Å². The van der Waals surface area contributed by atoms with Gasteiger partial charge in [0.1, 0.15) is 6.04 Å². The van der Waals surface area contributed by atoms with E-state index in [-0.39, 0.29) is 11.6 Å². The molecule has 0 saturated carbocycles. The summed E-state index contributed by atoms with van der Waals surface area (Å²) in [6.45, 7) is 4.67. The molecule has 1 aromatic rings. The second-order valence-corrected chi connectivity index (χ2v) is 3.16. The molecular formula is C8H11N3O3. The molecule has 0 fully saturated rings. The molecule has 0 amide bonds. The third-order valence-corrected chi connectivity index (χ3v) is 2.05. The monoisotopic (exact) mass is 197 g/mol. The van der Waals surface area contributed by atoms with Crippen LogP contribution >= 0.6 is 0 Å². The van der Waals surface area contributed by atoms with Crippen LogP contribution in [0, 0.1) is 17.0 Å². The van der Waals surface area contributed by atoms with Crippen LogP contribution in [0.2, 0.25) is 0 Å². The van der Waals surface area contributed by atoms with Gasteiger partial charge in [-0.2, -0.15) is 4.68 Å². The van der Waals surface area contributed by atoms with Gasteiger partial charge in [0.25, 0.3) is 0 Å². The summed E-state index contributed by atoms with van der Waals surface area (Å²) in [4.78, 5) is 20.9. The van der Waals surface area contributed by atoms with Gasteiger partial charge in [0, 0.05) is 0 Å². The van der Waals surface area contributed by atoms with E-state index < -0.39 is 11.0 Å². The summed E-state index contributed by atoms with van der Waals surface area (Å²) >= 11 is 0. The van der Waals surface area contributed by atoms with Crippen LogP contribution in [0.15, 0.2) is 6.20 Å². The van der Waals surface area contributed by atoms with E-state index in [1.807, 2.05) is 0 Å². The Morgan fingerprint density at radius 3 is 2.64 bits per heavy atom. The molecule has 1 aromatic heterocycles. The first kappa shape index (κ1) is 10.4. The molecule has 1 heterocycles. The van der Waals surface area contributed by atoms with Crippen molar-refractivity contribution in [2.24, 2.45) is 0 Å². The van der Waals surface area contributed by atoms with Gasteiger partial charge in [-0.25, -0.2) is 0 Å². The van der Waals surface area contributed by atoms with E-state index >= 15 is 0 Å². The number of aromatic nitrogens is 2. The normalized spacial score (nSPS) is 12.5. The van der Waals surface area contributed by atoms with Crippen molar-refractivity contribution in [1.29, 1.82) is 0 Å². The van der Waals surface area contributed by atoms with Gasteiger partial charge in [0.05, 0.1) is 16.9 Å². The van der Waals surface area contributed by atoms with Crippen molar-refractivity contribution < 1.29 is 9.72 Å². The van der Waals surface area contributed by atoms with E-state index in [9.17, 15) is 14.9 Å². The fourth-order valence-corrected chi connectivity index (χ4v) is 1.04. The minimum Gasteiger partial charge on any atom is -0.358 e. The topological polar surface area (TPSA) is 78.0 Å². The van der Waals surface area contributed by atoms with Crippen LogP contribution in [0.25, 0.3) is 0 Å². The predicted octanol–water partition coefficient (Wildman–Crippen LogP) is 1.25. The third kappa shape index (κ3) is 1.78. The SMILES string of the molecule is CC(=O)C(C)n1cc(C)c([N+](=O)[O-])n1. The first-order chi connectivity index (χ1) is 6.43. The molecule has 76 valence electrons. The van der Waals surface area contributed by atoms with E-state index in [1.54, 1.807) is 13.8 Å². The van der Waals surface area contributed by atoms with E-state index in [1.165, 1.54) is 17.8 Å². The molecule has 1 unspecified atom stereocenters. The molecule has 6 nitrogen and oxygen atoms in total. The molecule has 0 radical (unpaired) electrons. The zero-order valence-corrected chi connectivity index (χ0v) is 8.22.